The van der Waals surface area contributed by atoms with Crippen LogP contribution in [0.4, 0.5) is 0 Å². The molecule has 4 heterocycles. The van der Waals surface area contributed by atoms with Gasteiger partial charge in [-0.3, -0.25) is 15.0 Å². The first kappa shape index (κ1) is 35.0. The average Bonchev–Trinajstić information content (AvgIpc) is 3.28. The largest absolute Gasteiger partial charge is 0.256 e. The Hall–Kier alpha value is -7.44. The number of aromatic nitrogens is 6. The number of para-hydroxylation sites is 1. The molecular formula is C52H38N6. The van der Waals surface area contributed by atoms with Crippen molar-refractivity contribution in [2.45, 2.75) is 26.7 Å². The molecule has 0 amide bonds. The maximum atomic E-state index is 5.13. The molecule has 276 valence electrons. The van der Waals surface area contributed by atoms with Crippen molar-refractivity contribution < 1.29 is 0 Å². The van der Waals surface area contributed by atoms with Crippen LogP contribution in [0.1, 0.15) is 31.2 Å². The van der Waals surface area contributed by atoms with Gasteiger partial charge >= 0.3 is 0 Å². The fourth-order valence-corrected chi connectivity index (χ4v) is 7.79. The summed E-state index contributed by atoms with van der Waals surface area (Å²) in [4.78, 5) is 30.0. The van der Waals surface area contributed by atoms with E-state index in [9.17, 15) is 0 Å². The molecule has 0 aliphatic heterocycles. The molecule has 0 atom stereocenters. The molecule has 0 spiro atoms. The van der Waals surface area contributed by atoms with Crippen LogP contribution < -0.4 is 0 Å². The second-order valence-corrected chi connectivity index (χ2v) is 15.0. The second kappa shape index (κ2) is 14.6. The molecule has 10 aromatic rings. The van der Waals surface area contributed by atoms with Crippen LogP contribution >= 0.6 is 0 Å². The van der Waals surface area contributed by atoms with Gasteiger partial charge < -0.3 is 0 Å². The standard InChI is InChI=1S/C52H38N6/c1-32(2)46-26-24-35-23-25-44-45(28-33(3)54-49(44)48(35)55-46)40-18-7-15-37(29-40)38-16-8-19-41(30-38)51-56-50(36-12-5-4-6-13-36)57-52(58-51)42-20-9-17-39(31-42)43-22-10-14-34-21-11-27-53-47(34)43/h4-32H,1-3H3. The monoisotopic (exact) mass is 746 g/mol. The van der Waals surface area contributed by atoms with Gasteiger partial charge in [-0.15, -0.1) is 0 Å². The Bertz CT molecular complexity index is 3170. The Morgan fingerprint density at radius 2 is 0.931 bits per heavy atom. The molecule has 0 aliphatic carbocycles. The fourth-order valence-electron chi connectivity index (χ4n) is 7.79. The average molecular weight is 747 g/mol. The number of benzene rings is 6. The number of nitrogens with zero attached hydrogens (tertiary/aromatic N) is 6. The summed E-state index contributed by atoms with van der Waals surface area (Å²) in [6.07, 6.45) is 1.84. The minimum Gasteiger partial charge on any atom is -0.256 e. The SMILES string of the molecule is Cc1cc(-c2cccc(-c3cccc(-c4nc(-c5ccccc5)nc(-c5cccc(-c6cccc7cccnc67)c5)n4)c3)c2)c2ccc3ccc(C(C)C)nc3c2n1. The van der Waals surface area contributed by atoms with Gasteiger partial charge in [-0.05, 0) is 77.1 Å². The molecule has 4 aromatic heterocycles. The van der Waals surface area contributed by atoms with Gasteiger partial charge in [-0.2, -0.15) is 0 Å². The number of hydrogen-bond acceptors (Lipinski definition) is 6. The molecule has 0 fully saturated rings. The summed E-state index contributed by atoms with van der Waals surface area (Å²) >= 11 is 0. The summed E-state index contributed by atoms with van der Waals surface area (Å²) in [7, 11) is 0. The van der Waals surface area contributed by atoms with Crippen molar-refractivity contribution in [2.75, 3.05) is 0 Å². The third-order valence-electron chi connectivity index (χ3n) is 10.7. The van der Waals surface area contributed by atoms with Gasteiger partial charge in [0.15, 0.2) is 17.5 Å². The molecule has 10 rings (SSSR count). The summed E-state index contributed by atoms with van der Waals surface area (Å²) in [5, 5.41) is 3.28. The summed E-state index contributed by atoms with van der Waals surface area (Å²) in [6, 6.07) is 56.8. The highest BCUT2D eigenvalue weighted by molar-refractivity contribution is 6.08. The van der Waals surface area contributed by atoms with E-state index < -0.39 is 0 Å². The van der Waals surface area contributed by atoms with Crippen molar-refractivity contribution in [1.82, 2.24) is 29.9 Å². The van der Waals surface area contributed by atoms with E-state index in [4.69, 9.17) is 29.9 Å². The van der Waals surface area contributed by atoms with Gasteiger partial charge in [0.2, 0.25) is 0 Å². The Kier molecular flexibility index (Phi) is 8.79. The maximum Gasteiger partial charge on any atom is 0.164 e. The predicted octanol–water partition coefficient (Wildman–Crippen LogP) is 13.0. The fraction of sp³-hybridized carbons (Fsp3) is 0.0769. The van der Waals surface area contributed by atoms with Crippen LogP contribution in [0, 0.1) is 6.92 Å². The molecule has 6 aromatic carbocycles. The highest BCUT2D eigenvalue weighted by Gasteiger charge is 2.16. The second-order valence-electron chi connectivity index (χ2n) is 15.0. The molecule has 0 unspecified atom stereocenters. The first-order valence-electron chi connectivity index (χ1n) is 19.6. The highest BCUT2D eigenvalue weighted by atomic mass is 15.0. The lowest BCUT2D eigenvalue weighted by atomic mass is 9.95. The van der Waals surface area contributed by atoms with Crippen molar-refractivity contribution in [2.24, 2.45) is 0 Å². The van der Waals surface area contributed by atoms with Gasteiger partial charge in [0.05, 0.1) is 16.6 Å². The Labute approximate surface area is 337 Å². The van der Waals surface area contributed by atoms with Gasteiger partial charge in [0.25, 0.3) is 0 Å². The van der Waals surface area contributed by atoms with Crippen LogP contribution in [0.2, 0.25) is 0 Å². The van der Waals surface area contributed by atoms with Crippen LogP contribution in [-0.2, 0) is 0 Å². The van der Waals surface area contributed by atoms with Crippen molar-refractivity contribution in [3.8, 4) is 67.5 Å². The molecule has 0 N–H and O–H groups in total. The zero-order valence-corrected chi connectivity index (χ0v) is 32.4. The maximum absolute atomic E-state index is 5.13. The van der Waals surface area contributed by atoms with Crippen molar-refractivity contribution in [3.63, 3.8) is 0 Å². The van der Waals surface area contributed by atoms with E-state index in [1.54, 1.807) is 0 Å². The quantitative estimate of drug-likeness (QED) is 0.151. The van der Waals surface area contributed by atoms with E-state index >= 15 is 0 Å². The summed E-state index contributed by atoms with van der Waals surface area (Å²) in [5.41, 5.74) is 14.1. The molecule has 0 radical (unpaired) electrons. The number of aryl methyl sites for hydroxylation is 1. The molecule has 0 bridgehead atoms. The summed E-state index contributed by atoms with van der Waals surface area (Å²) < 4.78 is 0. The van der Waals surface area contributed by atoms with Gasteiger partial charge in [0.1, 0.15) is 0 Å². The lowest BCUT2D eigenvalue weighted by Gasteiger charge is -2.13. The van der Waals surface area contributed by atoms with Crippen LogP contribution in [0.15, 0.2) is 170 Å². The van der Waals surface area contributed by atoms with Crippen molar-refractivity contribution >= 4 is 32.7 Å². The molecule has 0 saturated heterocycles. The Morgan fingerprint density at radius 1 is 0.379 bits per heavy atom. The summed E-state index contributed by atoms with van der Waals surface area (Å²) in [5.74, 6) is 2.16. The van der Waals surface area contributed by atoms with E-state index in [1.165, 1.54) is 0 Å². The van der Waals surface area contributed by atoms with E-state index in [0.717, 1.165) is 94.2 Å². The third-order valence-corrected chi connectivity index (χ3v) is 10.7. The van der Waals surface area contributed by atoms with E-state index in [-0.39, 0.29) is 0 Å². The van der Waals surface area contributed by atoms with Gasteiger partial charge in [0, 0.05) is 56.0 Å². The minimum atomic E-state index is 0.329. The third kappa shape index (κ3) is 6.54. The van der Waals surface area contributed by atoms with Crippen LogP contribution in [0.25, 0.3) is 100 Å². The number of fused-ring (bicyclic) bond motifs is 4. The van der Waals surface area contributed by atoms with E-state index in [1.807, 2.05) is 42.6 Å². The topological polar surface area (TPSA) is 77.3 Å². The van der Waals surface area contributed by atoms with Crippen LogP contribution in [-0.4, -0.2) is 29.9 Å². The lowest BCUT2D eigenvalue weighted by Crippen LogP contribution is -2.00. The molecule has 6 heteroatoms. The Morgan fingerprint density at radius 3 is 1.66 bits per heavy atom. The molecular weight excluding hydrogens is 709 g/mol. The van der Waals surface area contributed by atoms with Gasteiger partial charge in [-0.25, -0.2) is 15.0 Å². The molecule has 0 saturated carbocycles. The molecule has 6 nitrogen and oxygen atoms in total. The zero-order chi connectivity index (χ0) is 39.2. The van der Waals surface area contributed by atoms with Crippen molar-refractivity contribution in [3.05, 3.63) is 181 Å². The smallest absolute Gasteiger partial charge is 0.164 e. The summed E-state index contributed by atoms with van der Waals surface area (Å²) in [6.45, 7) is 6.41. The lowest BCUT2D eigenvalue weighted by molar-refractivity contribution is 0.830. The molecule has 58 heavy (non-hydrogen) atoms. The first-order chi connectivity index (χ1) is 28.4. The minimum absolute atomic E-state index is 0.329. The normalized spacial score (nSPS) is 11.5. The predicted molar refractivity (Wildman–Crippen MR) is 237 cm³/mol. The van der Waals surface area contributed by atoms with Crippen molar-refractivity contribution in [1.29, 1.82) is 0 Å². The Balaban J connectivity index is 1.06. The van der Waals surface area contributed by atoms with E-state index in [2.05, 4.69) is 148 Å². The van der Waals surface area contributed by atoms with Crippen LogP contribution in [0.5, 0.6) is 0 Å². The number of hydrogen-bond donors (Lipinski definition) is 0. The first-order valence-corrected chi connectivity index (χ1v) is 19.6. The number of rotatable bonds is 7. The zero-order valence-electron chi connectivity index (χ0n) is 32.4. The molecule has 0 aliphatic rings. The van der Waals surface area contributed by atoms with Gasteiger partial charge in [-0.1, -0.05) is 141 Å². The van der Waals surface area contributed by atoms with E-state index in [0.29, 0.717) is 23.4 Å². The highest BCUT2D eigenvalue weighted by Crippen LogP contribution is 2.36. The van der Waals surface area contributed by atoms with Crippen LogP contribution in [0.3, 0.4) is 0 Å². The number of pyridine rings is 3.